The first-order valence-electron chi connectivity index (χ1n) is 12.2. The molecule has 176 valence electrons. The molecule has 0 spiro atoms. The molecule has 1 aliphatic heterocycles. The zero-order valence-corrected chi connectivity index (χ0v) is 19.6. The van der Waals surface area contributed by atoms with E-state index in [9.17, 15) is 13.2 Å². The van der Waals surface area contributed by atoms with Gasteiger partial charge in [-0.05, 0) is 53.5 Å². The lowest BCUT2D eigenvalue weighted by Gasteiger charge is -2.29. The van der Waals surface area contributed by atoms with Crippen molar-refractivity contribution >= 4 is 7.85 Å². The van der Waals surface area contributed by atoms with E-state index in [1.54, 1.807) is 30.3 Å². The van der Waals surface area contributed by atoms with Gasteiger partial charge in [0, 0.05) is 11.1 Å². The Balaban J connectivity index is 1.45. The molecule has 4 rings (SSSR count). The number of rotatable bonds is 8. The number of halogens is 3. The van der Waals surface area contributed by atoms with E-state index < -0.39 is 11.6 Å². The van der Waals surface area contributed by atoms with Gasteiger partial charge in [-0.15, -0.1) is 0 Å². The van der Waals surface area contributed by atoms with Gasteiger partial charge in [0.05, 0.1) is 20.6 Å². The van der Waals surface area contributed by atoms with E-state index >= 15 is 0 Å². The second-order valence-electron chi connectivity index (χ2n) is 9.18. The number of unbranched alkanes of at least 4 members (excludes halogenated alkanes) is 2. The van der Waals surface area contributed by atoms with Gasteiger partial charge in [0.15, 0.2) is 11.6 Å². The number of hydrogen-bond acceptors (Lipinski definition) is 1. The maximum Gasteiger partial charge on any atom is 0.166 e. The largest absolute Gasteiger partial charge is 0.373 e. The number of benzene rings is 3. The highest BCUT2D eigenvalue weighted by molar-refractivity contribution is 6.08. The lowest BCUT2D eigenvalue weighted by Crippen LogP contribution is -2.21. The van der Waals surface area contributed by atoms with Crippen LogP contribution in [-0.2, 0) is 11.1 Å². The fraction of sp³-hybridized carbons (Fsp3) is 0.379. The first-order valence-corrected chi connectivity index (χ1v) is 12.2. The predicted octanol–water partition coefficient (Wildman–Crippen LogP) is 8.15. The molecule has 1 aliphatic rings. The Labute approximate surface area is 201 Å². The third kappa shape index (κ3) is 5.41. The summed E-state index contributed by atoms with van der Waals surface area (Å²) in [4.78, 5) is 0. The van der Waals surface area contributed by atoms with Gasteiger partial charge in [0.1, 0.15) is 5.82 Å². The van der Waals surface area contributed by atoms with Gasteiger partial charge in [-0.25, -0.2) is 13.2 Å². The summed E-state index contributed by atoms with van der Waals surface area (Å²) in [6.45, 7) is 2.90. The first kappa shape index (κ1) is 24.6. The third-order valence-corrected chi connectivity index (χ3v) is 6.84. The Kier molecular flexibility index (Phi) is 8.15. The fourth-order valence-corrected chi connectivity index (χ4v) is 4.74. The molecule has 0 aliphatic carbocycles. The topological polar surface area (TPSA) is 9.23 Å². The summed E-state index contributed by atoms with van der Waals surface area (Å²) in [5.41, 5.74) is 2.99. The smallest absolute Gasteiger partial charge is 0.166 e. The molecule has 1 heterocycles. The summed E-state index contributed by atoms with van der Waals surface area (Å²) in [7, 11) is 5.45. The van der Waals surface area contributed by atoms with Crippen molar-refractivity contribution in [2.24, 2.45) is 5.92 Å². The quantitative estimate of drug-likeness (QED) is 0.242. The molecule has 0 bridgehead atoms. The molecular formula is C29H30BF3O. The average Bonchev–Trinajstić information content (AvgIpc) is 2.86. The Hall–Kier alpha value is -2.53. The van der Waals surface area contributed by atoms with Crippen molar-refractivity contribution in [1.82, 2.24) is 0 Å². The van der Waals surface area contributed by atoms with Crippen LogP contribution >= 0.6 is 0 Å². The standard InChI is InChI=1S/C29H30BF3O/c1-2-3-4-5-19-6-15-27(34-18-19)25-14-11-22(16-26(25)31)20-7-9-21(10-8-20)24-13-12-23(17-30)28(32)29(24)33/h7-14,16,19,27H,2-6,15,17-18H2,1H3. The molecule has 1 fully saturated rings. The molecule has 0 aromatic heterocycles. The van der Waals surface area contributed by atoms with Crippen LogP contribution in [-0.4, -0.2) is 14.5 Å². The van der Waals surface area contributed by atoms with Crippen molar-refractivity contribution in [3.05, 3.63) is 83.2 Å². The molecule has 2 unspecified atom stereocenters. The summed E-state index contributed by atoms with van der Waals surface area (Å²) < 4.78 is 49.6. The van der Waals surface area contributed by atoms with E-state index in [0.717, 1.165) is 24.0 Å². The molecule has 2 radical (unpaired) electrons. The highest BCUT2D eigenvalue weighted by atomic mass is 19.2. The minimum absolute atomic E-state index is 0.0605. The fourth-order valence-electron chi connectivity index (χ4n) is 4.74. The molecule has 34 heavy (non-hydrogen) atoms. The van der Waals surface area contributed by atoms with Crippen molar-refractivity contribution in [2.45, 2.75) is 57.9 Å². The monoisotopic (exact) mass is 462 g/mol. The molecule has 3 aromatic carbocycles. The summed E-state index contributed by atoms with van der Waals surface area (Å²) >= 11 is 0. The zero-order valence-electron chi connectivity index (χ0n) is 19.6. The van der Waals surface area contributed by atoms with Crippen LogP contribution in [0.25, 0.3) is 22.3 Å². The summed E-state index contributed by atoms with van der Waals surface area (Å²) in [6.07, 6.45) is 6.54. The normalized spacial score (nSPS) is 18.2. The summed E-state index contributed by atoms with van der Waals surface area (Å²) in [5, 5.41) is 0. The van der Waals surface area contributed by atoms with Gasteiger partial charge in [0.25, 0.3) is 0 Å². The van der Waals surface area contributed by atoms with Gasteiger partial charge in [-0.3, -0.25) is 0 Å². The van der Waals surface area contributed by atoms with E-state index in [4.69, 9.17) is 12.6 Å². The number of ether oxygens (including phenoxy) is 1. The van der Waals surface area contributed by atoms with Crippen LogP contribution < -0.4 is 0 Å². The van der Waals surface area contributed by atoms with Gasteiger partial charge in [-0.2, -0.15) is 0 Å². The Morgan fingerprint density at radius 2 is 1.59 bits per heavy atom. The highest BCUT2D eigenvalue weighted by Crippen LogP contribution is 2.36. The predicted molar refractivity (Wildman–Crippen MR) is 132 cm³/mol. The lowest BCUT2D eigenvalue weighted by molar-refractivity contribution is -0.0215. The first-order chi connectivity index (χ1) is 16.5. The molecule has 0 N–H and O–H groups in total. The van der Waals surface area contributed by atoms with Gasteiger partial charge in [-0.1, -0.05) is 81.0 Å². The molecule has 0 amide bonds. The molecule has 0 saturated carbocycles. The highest BCUT2D eigenvalue weighted by Gasteiger charge is 2.25. The second-order valence-corrected chi connectivity index (χ2v) is 9.18. The molecule has 5 heteroatoms. The van der Waals surface area contributed by atoms with E-state index in [0.29, 0.717) is 23.7 Å². The number of hydrogen-bond donors (Lipinski definition) is 0. The molecule has 2 atom stereocenters. The van der Waals surface area contributed by atoms with Crippen molar-refractivity contribution < 1.29 is 17.9 Å². The average molecular weight is 462 g/mol. The van der Waals surface area contributed by atoms with Crippen molar-refractivity contribution in [2.75, 3.05) is 6.61 Å². The zero-order chi connectivity index (χ0) is 24.1. The van der Waals surface area contributed by atoms with Crippen LogP contribution in [0.3, 0.4) is 0 Å². The van der Waals surface area contributed by atoms with E-state index in [1.165, 1.54) is 43.9 Å². The van der Waals surface area contributed by atoms with Crippen LogP contribution in [0.1, 0.15) is 62.7 Å². The SMILES string of the molecule is [B]Cc1ccc(-c2ccc(-c3ccc(C4CCC(CCCCC)CO4)c(F)c3)cc2)c(F)c1F. The van der Waals surface area contributed by atoms with Gasteiger partial charge >= 0.3 is 0 Å². The minimum atomic E-state index is -0.918. The van der Waals surface area contributed by atoms with Crippen LogP contribution in [0.2, 0.25) is 0 Å². The Bertz CT molecular complexity index is 1110. The lowest BCUT2D eigenvalue weighted by atomic mass is 9.90. The maximum absolute atomic E-state index is 15.0. The molecular weight excluding hydrogens is 432 g/mol. The molecule has 3 aromatic rings. The molecule has 1 saturated heterocycles. The summed E-state index contributed by atoms with van der Waals surface area (Å²) in [5.74, 6) is -1.53. The summed E-state index contributed by atoms with van der Waals surface area (Å²) in [6, 6.07) is 15.2. The van der Waals surface area contributed by atoms with Crippen LogP contribution in [0.15, 0.2) is 54.6 Å². The Morgan fingerprint density at radius 1 is 0.853 bits per heavy atom. The molecule has 1 nitrogen and oxygen atoms in total. The minimum Gasteiger partial charge on any atom is -0.373 e. The van der Waals surface area contributed by atoms with E-state index in [-0.39, 0.29) is 29.4 Å². The van der Waals surface area contributed by atoms with Crippen LogP contribution in [0.4, 0.5) is 13.2 Å². The van der Waals surface area contributed by atoms with E-state index in [2.05, 4.69) is 6.92 Å². The van der Waals surface area contributed by atoms with E-state index in [1.807, 2.05) is 6.07 Å². The second kappa shape index (κ2) is 11.3. The third-order valence-electron chi connectivity index (χ3n) is 6.84. The van der Waals surface area contributed by atoms with Crippen LogP contribution in [0.5, 0.6) is 0 Å². The Morgan fingerprint density at radius 3 is 2.24 bits per heavy atom. The van der Waals surface area contributed by atoms with Gasteiger partial charge < -0.3 is 4.74 Å². The van der Waals surface area contributed by atoms with Crippen molar-refractivity contribution in [3.63, 3.8) is 0 Å². The van der Waals surface area contributed by atoms with Crippen molar-refractivity contribution in [3.8, 4) is 22.3 Å². The van der Waals surface area contributed by atoms with Crippen molar-refractivity contribution in [1.29, 1.82) is 0 Å². The van der Waals surface area contributed by atoms with Crippen LogP contribution in [0, 0.1) is 23.4 Å². The maximum atomic E-state index is 15.0. The van der Waals surface area contributed by atoms with Gasteiger partial charge in [0.2, 0.25) is 0 Å².